The molecule has 0 fully saturated rings. The van der Waals surface area contributed by atoms with Crippen molar-refractivity contribution in [1.29, 1.82) is 0 Å². The smallest absolute Gasteiger partial charge is 0.0719 e. The normalized spacial score (nSPS) is 11.9. The Morgan fingerprint density at radius 2 is 0.667 bits per heavy atom. The second-order valence-corrected chi connectivity index (χ2v) is 14.3. The molecular weight excluding hydrogens is 637 g/mol. The fourth-order valence-electron chi connectivity index (χ4n) is 8.20. The van der Waals surface area contributed by atoms with Crippen LogP contribution in [-0.2, 0) is 0 Å². The van der Waals surface area contributed by atoms with Crippen LogP contribution in [0.3, 0.4) is 0 Å². The lowest BCUT2D eigenvalue weighted by molar-refractivity contribution is 1.19. The number of para-hydroxylation sites is 2. The van der Waals surface area contributed by atoms with E-state index in [-0.39, 0.29) is 0 Å². The van der Waals surface area contributed by atoms with Gasteiger partial charge in [-0.05, 0) is 70.8 Å². The third-order valence-corrected chi connectivity index (χ3v) is 11.7. The Labute approximate surface area is 298 Å². The van der Waals surface area contributed by atoms with E-state index in [9.17, 15) is 0 Å². The second-order valence-electron chi connectivity index (χ2n) is 13.3. The Bertz CT molecular complexity index is 2890. The Balaban J connectivity index is 1.27. The zero-order valence-electron chi connectivity index (χ0n) is 27.6. The van der Waals surface area contributed by atoms with Crippen LogP contribution in [0.1, 0.15) is 0 Å². The molecule has 3 heterocycles. The van der Waals surface area contributed by atoms with Gasteiger partial charge in [0.1, 0.15) is 0 Å². The third-order valence-electron chi connectivity index (χ3n) is 10.5. The minimum absolute atomic E-state index is 1.17. The average Bonchev–Trinajstić information content (AvgIpc) is 3.86. The standard InChI is InChI=1S/C48H30N2S/c1-5-13-31(14-6-1)33-21-27-43-41(29-33)37-23-25-39-40-26-24-38-42-30-34(32-15-7-2-8-16-32)22-28-44(42)50(36-19-11-4-12-20-36)46(38)48(40)51-47(39)45(37)49(43)35-17-9-3-10-18-35/h1-30H. The highest BCUT2D eigenvalue weighted by Crippen LogP contribution is 2.47. The first-order chi connectivity index (χ1) is 25.3. The van der Waals surface area contributed by atoms with Crippen molar-refractivity contribution >= 4 is 75.1 Å². The lowest BCUT2D eigenvalue weighted by Crippen LogP contribution is -1.93. The maximum Gasteiger partial charge on any atom is 0.0719 e. The van der Waals surface area contributed by atoms with Crippen LogP contribution in [0.15, 0.2) is 182 Å². The van der Waals surface area contributed by atoms with E-state index in [4.69, 9.17) is 0 Å². The Morgan fingerprint density at radius 1 is 0.294 bits per heavy atom. The van der Waals surface area contributed by atoms with Gasteiger partial charge in [-0.15, -0.1) is 11.3 Å². The van der Waals surface area contributed by atoms with Crippen molar-refractivity contribution in [3.05, 3.63) is 182 Å². The highest BCUT2D eigenvalue weighted by Gasteiger charge is 2.22. The summed E-state index contributed by atoms with van der Waals surface area (Å²) in [5, 5.41) is 7.68. The zero-order chi connectivity index (χ0) is 33.5. The first kappa shape index (κ1) is 28.4. The Hall–Kier alpha value is -6.42. The summed E-state index contributed by atoms with van der Waals surface area (Å²) in [6, 6.07) is 66.4. The summed E-state index contributed by atoms with van der Waals surface area (Å²) in [4.78, 5) is 0. The number of benzene rings is 8. The van der Waals surface area contributed by atoms with Gasteiger partial charge in [0.05, 0.1) is 31.5 Å². The molecule has 0 saturated carbocycles. The van der Waals surface area contributed by atoms with E-state index in [1.807, 2.05) is 11.3 Å². The molecular formula is C48H30N2S. The van der Waals surface area contributed by atoms with Gasteiger partial charge in [-0.1, -0.05) is 133 Å². The summed E-state index contributed by atoms with van der Waals surface area (Å²) in [7, 11) is 0. The zero-order valence-corrected chi connectivity index (χ0v) is 28.4. The second kappa shape index (κ2) is 11.0. The minimum Gasteiger partial charge on any atom is -0.308 e. The molecule has 51 heavy (non-hydrogen) atoms. The molecule has 0 spiro atoms. The molecule has 0 unspecified atom stereocenters. The van der Waals surface area contributed by atoms with Crippen molar-refractivity contribution in [3.63, 3.8) is 0 Å². The molecule has 238 valence electrons. The van der Waals surface area contributed by atoms with Gasteiger partial charge in [0.15, 0.2) is 0 Å². The molecule has 0 aliphatic carbocycles. The average molecular weight is 667 g/mol. The topological polar surface area (TPSA) is 9.86 Å². The predicted molar refractivity (Wildman–Crippen MR) is 219 cm³/mol. The van der Waals surface area contributed by atoms with Crippen molar-refractivity contribution in [1.82, 2.24) is 9.13 Å². The van der Waals surface area contributed by atoms with Gasteiger partial charge in [0.25, 0.3) is 0 Å². The van der Waals surface area contributed by atoms with E-state index in [2.05, 4.69) is 191 Å². The number of fused-ring (bicyclic) bond motifs is 11. The number of hydrogen-bond acceptors (Lipinski definition) is 1. The molecule has 11 aromatic rings. The van der Waals surface area contributed by atoms with E-state index in [0.717, 1.165) is 0 Å². The largest absolute Gasteiger partial charge is 0.308 e. The lowest BCUT2D eigenvalue weighted by Gasteiger charge is -2.09. The van der Waals surface area contributed by atoms with Crippen LogP contribution in [0, 0.1) is 0 Å². The molecule has 2 nitrogen and oxygen atoms in total. The summed E-state index contributed by atoms with van der Waals surface area (Å²) < 4.78 is 7.58. The summed E-state index contributed by atoms with van der Waals surface area (Å²) >= 11 is 1.93. The number of aromatic nitrogens is 2. The number of thiophene rings is 1. The molecule has 0 amide bonds. The Kier molecular flexibility index (Phi) is 6.16. The van der Waals surface area contributed by atoms with Crippen LogP contribution in [0.25, 0.3) is 97.4 Å². The van der Waals surface area contributed by atoms with E-state index in [1.54, 1.807) is 0 Å². The van der Waals surface area contributed by atoms with Crippen LogP contribution in [0.4, 0.5) is 0 Å². The van der Waals surface area contributed by atoms with Gasteiger partial charge >= 0.3 is 0 Å². The summed E-state index contributed by atoms with van der Waals surface area (Å²) in [6.45, 7) is 0. The fourth-order valence-corrected chi connectivity index (χ4v) is 9.57. The van der Waals surface area contributed by atoms with Crippen LogP contribution in [0.2, 0.25) is 0 Å². The SMILES string of the molecule is c1ccc(-c2ccc3c(c2)c2ccc4c5ccc6c7cc(-c8ccccc8)ccc7n(-c7ccccc7)c6c5sc4c2n3-c2ccccc2)cc1. The van der Waals surface area contributed by atoms with Crippen molar-refractivity contribution in [2.45, 2.75) is 0 Å². The van der Waals surface area contributed by atoms with Crippen LogP contribution in [-0.4, -0.2) is 9.13 Å². The number of nitrogens with zero attached hydrogens (tertiary/aromatic N) is 2. The molecule has 0 saturated heterocycles. The predicted octanol–water partition coefficient (Wildman–Crippen LogP) is 13.6. The number of hydrogen-bond donors (Lipinski definition) is 0. The Morgan fingerprint density at radius 3 is 1.08 bits per heavy atom. The number of rotatable bonds is 4. The van der Waals surface area contributed by atoms with Crippen molar-refractivity contribution in [2.75, 3.05) is 0 Å². The van der Waals surface area contributed by atoms with Gasteiger partial charge in [-0.25, -0.2) is 0 Å². The van der Waals surface area contributed by atoms with Crippen molar-refractivity contribution < 1.29 is 0 Å². The molecule has 8 aromatic carbocycles. The maximum absolute atomic E-state index is 2.48. The summed E-state index contributed by atoms with van der Waals surface area (Å²) in [6.07, 6.45) is 0. The quantitative estimate of drug-likeness (QED) is 0.177. The first-order valence-electron chi connectivity index (χ1n) is 17.4. The van der Waals surface area contributed by atoms with Crippen molar-refractivity contribution in [2.24, 2.45) is 0 Å². The maximum atomic E-state index is 2.48. The molecule has 11 rings (SSSR count). The summed E-state index contributed by atoms with van der Waals surface area (Å²) in [5.74, 6) is 0. The molecule has 0 atom stereocenters. The van der Waals surface area contributed by atoms with E-state index >= 15 is 0 Å². The fraction of sp³-hybridized carbons (Fsp3) is 0. The molecule has 0 radical (unpaired) electrons. The molecule has 0 aliphatic heterocycles. The molecule has 0 bridgehead atoms. The third kappa shape index (κ3) is 4.22. The lowest BCUT2D eigenvalue weighted by atomic mass is 10.0. The molecule has 3 aromatic heterocycles. The molecule has 3 heteroatoms. The first-order valence-corrected chi connectivity index (χ1v) is 18.3. The van der Waals surface area contributed by atoms with Crippen LogP contribution >= 0.6 is 11.3 Å². The van der Waals surface area contributed by atoms with Crippen LogP contribution in [0.5, 0.6) is 0 Å². The highest BCUT2D eigenvalue weighted by molar-refractivity contribution is 7.27. The van der Waals surface area contributed by atoms with Crippen LogP contribution < -0.4 is 0 Å². The van der Waals surface area contributed by atoms with Gasteiger partial charge in [0, 0.05) is 43.7 Å². The van der Waals surface area contributed by atoms with Gasteiger partial charge in [-0.2, -0.15) is 0 Å². The van der Waals surface area contributed by atoms with Gasteiger partial charge < -0.3 is 9.13 Å². The van der Waals surface area contributed by atoms with Crippen molar-refractivity contribution in [3.8, 4) is 33.6 Å². The van der Waals surface area contributed by atoms with Gasteiger partial charge in [-0.3, -0.25) is 0 Å². The highest BCUT2D eigenvalue weighted by atomic mass is 32.1. The summed E-state index contributed by atoms with van der Waals surface area (Å²) in [5.41, 5.74) is 12.2. The van der Waals surface area contributed by atoms with Gasteiger partial charge in [0.2, 0.25) is 0 Å². The monoisotopic (exact) mass is 666 g/mol. The minimum atomic E-state index is 1.17. The van der Waals surface area contributed by atoms with E-state index < -0.39 is 0 Å². The van der Waals surface area contributed by atoms with E-state index in [0.29, 0.717) is 0 Å². The van der Waals surface area contributed by atoms with E-state index in [1.165, 1.54) is 97.4 Å². The molecule has 0 aliphatic rings. The molecule has 0 N–H and O–H groups in total.